The lowest BCUT2D eigenvalue weighted by atomic mass is 9.93. The van der Waals surface area contributed by atoms with E-state index in [1.165, 1.54) is 0 Å². The second-order valence-corrected chi connectivity index (χ2v) is 9.21. The number of nitrogens with one attached hydrogen (secondary N) is 1. The summed E-state index contributed by atoms with van der Waals surface area (Å²) in [5, 5.41) is 1.85. The molecule has 1 unspecified atom stereocenters. The van der Waals surface area contributed by atoms with Crippen LogP contribution in [0.4, 0.5) is 0 Å². The summed E-state index contributed by atoms with van der Waals surface area (Å²) in [5.41, 5.74) is 7.31. The number of aromatic amines is 1. The molecule has 0 aliphatic carbocycles. The van der Waals surface area contributed by atoms with E-state index in [1.807, 2.05) is 60.4 Å². The Morgan fingerprint density at radius 1 is 1.00 bits per heavy atom. The molecule has 1 aliphatic rings. The number of ether oxygens (including phenoxy) is 1. The first-order valence-electron chi connectivity index (χ1n) is 11.5. The Hall–Kier alpha value is -3.50. The summed E-state index contributed by atoms with van der Waals surface area (Å²) < 4.78 is 5.49. The van der Waals surface area contributed by atoms with Crippen LogP contribution in [0.25, 0.3) is 22.2 Å². The average molecular weight is 471 g/mol. The number of carbonyl (C=O) groups is 1. The van der Waals surface area contributed by atoms with Crippen LogP contribution in [-0.2, 0) is 11.2 Å². The largest absolute Gasteiger partial charge is 0.497 e. The van der Waals surface area contributed by atoms with E-state index in [0.29, 0.717) is 11.6 Å². The number of para-hydroxylation sites is 1. The van der Waals surface area contributed by atoms with E-state index in [1.54, 1.807) is 7.11 Å². The summed E-state index contributed by atoms with van der Waals surface area (Å²) in [6.45, 7) is 4.64. The molecule has 4 nitrogen and oxygen atoms in total. The molecule has 0 fully saturated rings. The Bertz CT molecular complexity index is 1400. The van der Waals surface area contributed by atoms with E-state index in [2.05, 4.69) is 36.2 Å². The molecule has 3 aromatic carbocycles. The molecule has 0 bridgehead atoms. The Morgan fingerprint density at radius 3 is 2.53 bits per heavy atom. The molecule has 1 atom stereocenters. The van der Waals surface area contributed by atoms with Gasteiger partial charge in [0, 0.05) is 39.2 Å². The zero-order chi connectivity index (χ0) is 23.8. The minimum Gasteiger partial charge on any atom is -0.497 e. The summed E-state index contributed by atoms with van der Waals surface area (Å²) >= 11 is 6.06. The standard InChI is InChI=1S/C29H27ClN2O2/c1-18-19(2)29(33)32(16-15-20-11-13-22(30)14-12-20)28(18)26-24-9-4-5-10-25(24)31-27(26)21-7-6-8-23(17-21)34-3/h4-14,17,28,31H,15-16H2,1-3H3. The number of halogens is 1. The van der Waals surface area contributed by atoms with Crippen LogP contribution < -0.4 is 4.74 Å². The Morgan fingerprint density at radius 2 is 1.76 bits per heavy atom. The predicted octanol–water partition coefficient (Wildman–Crippen LogP) is 6.96. The normalized spacial score (nSPS) is 16.1. The van der Waals surface area contributed by atoms with E-state index in [9.17, 15) is 4.79 Å². The second kappa shape index (κ2) is 9.03. The van der Waals surface area contributed by atoms with E-state index in [-0.39, 0.29) is 11.9 Å². The summed E-state index contributed by atoms with van der Waals surface area (Å²) in [5.74, 6) is 0.894. The lowest BCUT2D eigenvalue weighted by Crippen LogP contribution is -2.32. The van der Waals surface area contributed by atoms with Crippen LogP contribution in [-0.4, -0.2) is 29.4 Å². The van der Waals surface area contributed by atoms with Crippen molar-refractivity contribution in [2.45, 2.75) is 26.3 Å². The molecular formula is C29H27ClN2O2. The van der Waals surface area contributed by atoms with Gasteiger partial charge in [0.25, 0.3) is 0 Å². The van der Waals surface area contributed by atoms with Gasteiger partial charge in [-0.15, -0.1) is 0 Å². The van der Waals surface area contributed by atoms with Crippen LogP contribution in [0.3, 0.4) is 0 Å². The van der Waals surface area contributed by atoms with Gasteiger partial charge in [-0.05, 0) is 61.7 Å². The Balaban J connectivity index is 1.62. The highest BCUT2D eigenvalue weighted by atomic mass is 35.5. The highest BCUT2D eigenvalue weighted by molar-refractivity contribution is 6.30. The fraction of sp³-hybridized carbons (Fsp3) is 0.207. The van der Waals surface area contributed by atoms with Gasteiger partial charge in [-0.1, -0.05) is 54.1 Å². The first-order valence-corrected chi connectivity index (χ1v) is 11.8. The number of nitrogens with zero attached hydrogens (tertiary/aromatic N) is 1. The maximum absolute atomic E-state index is 13.4. The fourth-order valence-corrected chi connectivity index (χ4v) is 5.02. The molecule has 34 heavy (non-hydrogen) atoms. The number of benzene rings is 3. The minimum atomic E-state index is -0.142. The lowest BCUT2D eigenvalue weighted by Gasteiger charge is -2.28. The fourth-order valence-electron chi connectivity index (χ4n) is 4.90. The van der Waals surface area contributed by atoms with Gasteiger partial charge in [0.15, 0.2) is 0 Å². The van der Waals surface area contributed by atoms with Crippen molar-refractivity contribution in [3.05, 3.63) is 100 Å². The van der Waals surface area contributed by atoms with Crippen LogP contribution in [0.5, 0.6) is 5.75 Å². The van der Waals surface area contributed by atoms with Crippen LogP contribution in [0, 0.1) is 0 Å². The molecule has 5 rings (SSSR count). The van der Waals surface area contributed by atoms with Crippen LogP contribution >= 0.6 is 11.6 Å². The van der Waals surface area contributed by atoms with E-state index in [0.717, 1.165) is 56.6 Å². The number of fused-ring (bicyclic) bond motifs is 1. The van der Waals surface area contributed by atoms with Gasteiger partial charge in [-0.2, -0.15) is 0 Å². The number of H-pyrrole nitrogens is 1. The van der Waals surface area contributed by atoms with Crippen LogP contribution in [0.15, 0.2) is 83.9 Å². The predicted molar refractivity (Wildman–Crippen MR) is 138 cm³/mol. The average Bonchev–Trinajstić information content (AvgIpc) is 3.34. The SMILES string of the molecule is COc1cccc(-c2[nH]c3ccccc3c2C2C(C)=C(C)C(=O)N2CCc2ccc(Cl)cc2)c1. The third-order valence-electron chi connectivity index (χ3n) is 6.83. The number of carbonyl (C=O) groups excluding carboxylic acids is 1. The molecule has 0 saturated heterocycles. The maximum atomic E-state index is 13.4. The van der Waals surface area contributed by atoms with Crippen LogP contribution in [0.1, 0.15) is 31.0 Å². The van der Waals surface area contributed by atoms with E-state index < -0.39 is 0 Å². The van der Waals surface area contributed by atoms with Crippen LogP contribution in [0.2, 0.25) is 5.02 Å². The first kappa shape index (κ1) is 22.3. The maximum Gasteiger partial charge on any atom is 0.250 e. The number of methoxy groups -OCH3 is 1. The molecule has 172 valence electrons. The molecule has 0 radical (unpaired) electrons. The molecule has 0 spiro atoms. The summed E-state index contributed by atoms with van der Waals surface area (Å²) in [7, 11) is 1.68. The summed E-state index contributed by atoms with van der Waals surface area (Å²) in [4.78, 5) is 19.0. The van der Waals surface area contributed by atoms with Crippen molar-refractivity contribution in [2.24, 2.45) is 0 Å². The molecular weight excluding hydrogens is 444 g/mol. The molecule has 1 amide bonds. The molecule has 4 aromatic rings. The van der Waals surface area contributed by atoms with Gasteiger partial charge in [0.1, 0.15) is 5.75 Å². The van der Waals surface area contributed by atoms with Gasteiger partial charge in [-0.3, -0.25) is 4.79 Å². The zero-order valence-electron chi connectivity index (χ0n) is 19.6. The van der Waals surface area contributed by atoms with Crippen molar-refractivity contribution < 1.29 is 9.53 Å². The lowest BCUT2D eigenvalue weighted by molar-refractivity contribution is -0.127. The van der Waals surface area contributed by atoms with Gasteiger partial charge in [-0.25, -0.2) is 0 Å². The molecule has 1 aromatic heterocycles. The van der Waals surface area contributed by atoms with E-state index >= 15 is 0 Å². The van der Waals surface area contributed by atoms with Crippen molar-refractivity contribution >= 4 is 28.4 Å². The Labute approximate surface area is 204 Å². The smallest absolute Gasteiger partial charge is 0.250 e. The molecule has 1 N–H and O–H groups in total. The van der Waals surface area contributed by atoms with Crippen molar-refractivity contribution in [2.75, 3.05) is 13.7 Å². The Kier molecular flexibility index (Phi) is 5.93. The van der Waals surface area contributed by atoms with Gasteiger partial charge in [0.05, 0.1) is 18.8 Å². The molecule has 0 saturated carbocycles. The minimum absolute atomic E-state index is 0.0957. The first-order chi connectivity index (χ1) is 16.5. The number of aromatic nitrogens is 1. The van der Waals surface area contributed by atoms with Gasteiger partial charge in [0.2, 0.25) is 5.91 Å². The zero-order valence-corrected chi connectivity index (χ0v) is 20.3. The molecule has 5 heteroatoms. The third-order valence-corrected chi connectivity index (χ3v) is 7.08. The monoisotopic (exact) mass is 470 g/mol. The highest BCUT2D eigenvalue weighted by Gasteiger charge is 2.38. The summed E-state index contributed by atoms with van der Waals surface area (Å²) in [6.07, 6.45) is 0.761. The molecule has 1 aliphatic heterocycles. The number of rotatable bonds is 6. The quantitative estimate of drug-likeness (QED) is 0.331. The topological polar surface area (TPSA) is 45.3 Å². The number of amides is 1. The van der Waals surface area contributed by atoms with E-state index in [4.69, 9.17) is 16.3 Å². The van der Waals surface area contributed by atoms with Crippen molar-refractivity contribution in [3.8, 4) is 17.0 Å². The second-order valence-electron chi connectivity index (χ2n) is 8.78. The number of hydrogen-bond acceptors (Lipinski definition) is 2. The third kappa shape index (κ3) is 3.88. The summed E-state index contributed by atoms with van der Waals surface area (Å²) in [6, 6.07) is 24.1. The highest BCUT2D eigenvalue weighted by Crippen LogP contribution is 2.45. The van der Waals surface area contributed by atoms with Crippen molar-refractivity contribution in [1.82, 2.24) is 9.88 Å². The molecule has 2 heterocycles. The van der Waals surface area contributed by atoms with Gasteiger partial charge >= 0.3 is 0 Å². The van der Waals surface area contributed by atoms with Crippen molar-refractivity contribution in [3.63, 3.8) is 0 Å². The van der Waals surface area contributed by atoms with Gasteiger partial charge < -0.3 is 14.6 Å². The van der Waals surface area contributed by atoms with Crippen molar-refractivity contribution in [1.29, 1.82) is 0 Å². The number of hydrogen-bond donors (Lipinski definition) is 1.